The van der Waals surface area contributed by atoms with E-state index in [1.54, 1.807) is 29.3 Å². The molecule has 2 unspecified atom stereocenters. The molecule has 5 rings (SSSR count). The summed E-state index contributed by atoms with van der Waals surface area (Å²) in [5, 5.41) is 3.00. The van der Waals surface area contributed by atoms with Crippen molar-refractivity contribution < 1.29 is 9.59 Å². The number of nitrogens with zero attached hydrogens (tertiary/aromatic N) is 4. The smallest absolute Gasteiger partial charge is 0.273 e. The number of hydrogen-bond donors (Lipinski definition) is 2. The molecule has 4 heterocycles. The summed E-state index contributed by atoms with van der Waals surface area (Å²) in [7, 11) is 1.87. The molecule has 3 aromatic rings. The van der Waals surface area contributed by atoms with Crippen molar-refractivity contribution >= 4 is 23.3 Å². The maximum atomic E-state index is 13.4. The monoisotopic (exact) mass is 388 g/mol. The van der Waals surface area contributed by atoms with Crippen molar-refractivity contribution in [2.45, 2.75) is 17.9 Å². The number of hydrogen-bond acceptors (Lipinski definition) is 5. The number of aromatic nitrogens is 3. The molecule has 3 N–H and O–H groups in total. The van der Waals surface area contributed by atoms with Crippen LogP contribution in [0.25, 0.3) is 0 Å². The number of pyridine rings is 1. The molecular weight excluding hydrogens is 368 g/mol. The molecule has 0 bridgehead atoms. The number of carbonyl (C=O) groups excluding carboxylic acids is 2. The molecule has 0 radical (unpaired) electrons. The second-order valence-corrected chi connectivity index (χ2v) is 7.47. The third kappa shape index (κ3) is 2.38. The van der Waals surface area contributed by atoms with E-state index in [0.29, 0.717) is 18.8 Å². The van der Waals surface area contributed by atoms with Gasteiger partial charge in [-0.1, -0.05) is 24.3 Å². The van der Waals surface area contributed by atoms with E-state index in [-0.39, 0.29) is 23.3 Å². The molecule has 8 nitrogen and oxygen atoms in total. The molecule has 2 aliphatic heterocycles. The fraction of sp³-hybridized carbons (Fsp3) is 0.238. The van der Waals surface area contributed by atoms with Crippen LogP contribution in [0.2, 0.25) is 0 Å². The summed E-state index contributed by atoms with van der Waals surface area (Å²) < 4.78 is 1.86. The normalized spacial score (nSPS) is 22.7. The number of fused-ring (bicyclic) bond motifs is 2. The lowest BCUT2D eigenvalue weighted by atomic mass is 9.74. The molecule has 146 valence electrons. The first kappa shape index (κ1) is 17.4. The molecule has 1 fully saturated rings. The second-order valence-electron chi connectivity index (χ2n) is 7.47. The topological polar surface area (TPSA) is 106 Å². The number of imidazole rings is 1. The number of likely N-dealkylation sites (tertiary alicyclic amines) is 1. The molecule has 2 aromatic heterocycles. The van der Waals surface area contributed by atoms with Gasteiger partial charge < -0.3 is 20.5 Å². The summed E-state index contributed by atoms with van der Waals surface area (Å²) in [6.07, 6.45) is 4.00. The summed E-state index contributed by atoms with van der Waals surface area (Å²) in [6, 6.07) is 12.1. The molecule has 2 aliphatic rings. The Balaban J connectivity index is 1.68. The average Bonchev–Trinajstić information content (AvgIpc) is 3.38. The lowest BCUT2D eigenvalue weighted by molar-refractivity contribution is -0.121. The predicted molar refractivity (Wildman–Crippen MR) is 107 cm³/mol. The van der Waals surface area contributed by atoms with Gasteiger partial charge in [0, 0.05) is 31.7 Å². The number of nitrogens with one attached hydrogen (secondary N) is 1. The van der Waals surface area contributed by atoms with E-state index < -0.39 is 11.5 Å². The predicted octanol–water partition coefficient (Wildman–Crippen LogP) is 1.87. The van der Waals surface area contributed by atoms with Crippen LogP contribution in [0.5, 0.6) is 0 Å². The summed E-state index contributed by atoms with van der Waals surface area (Å²) in [5.41, 5.74) is 6.83. The average molecular weight is 388 g/mol. The van der Waals surface area contributed by atoms with Crippen LogP contribution in [-0.4, -0.2) is 37.8 Å². The molecule has 8 heteroatoms. The minimum Gasteiger partial charge on any atom is -0.384 e. The van der Waals surface area contributed by atoms with Gasteiger partial charge in [-0.05, 0) is 30.2 Å². The van der Waals surface area contributed by atoms with Crippen molar-refractivity contribution in [1.82, 2.24) is 19.4 Å². The van der Waals surface area contributed by atoms with Crippen LogP contribution in [0.4, 0.5) is 11.5 Å². The lowest BCUT2D eigenvalue weighted by Crippen LogP contribution is -2.44. The lowest BCUT2D eigenvalue weighted by Gasteiger charge is -2.33. The fourth-order valence-corrected chi connectivity index (χ4v) is 4.62. The van der Waals surface area contributed by atoms with Gasteiger partial charge in [-0.2, -0.15) is 0 Å². The van der Waals surface area contributed by atoms with Gasteiger partial charge in [0.15, 0.2) is 0 Å². The number of carbonyl (C=O) groups is 2. The Morgan fingerprint density at radius 1 is 1.24 bits per heavy atom. The second kappa shape index (κ2) is 6.16. The quantitative estimate of drug-likeness (QED) is 0.697. The highest BCUT2D eigenvalue weighted by Gasteiger charge is 2.60. The minimum absolute atomic E-state index is 0.109. The van der Waals surface area contributed by atoms with Gasteiger partial charge in [0.25, 0.3) is 5.91 Å². The third-order valence-corrected chi connectivity index (χ3v) is 5.94. The van der Waals surface area contributed by atoms with E-state index in [4.69, 9.17) is 5.73 Å². The van der Waals surface area contributed by atoms with Gasteiger partial charge >= 0.3 is 0 Å². The van der Waals surface area contributed by atoms with Gasteiger partial charge in [-0.25, -0.2) is 9.97 Å². The highest BCUT2D eigenvalue weighted by Crippen LogP contribution is 2.54. The molecule has 1 aromatic carbocycles. The van der Waals surface area contributed by atoms with E-state index in [2.05, 4.69) is 15.3 Å². The number of benzene rings is 1. The van der Waals surface area contributed by atoms with Crippen LogP contribution in [0.1, 0.15) is 34.3 Å². The Morgan fingerprint density at radius 2 is 2.07 bits per heavy atom. The highest BCUT2D eigenvalue weighted by atomic mass is 16.2. The molecule has 2 amide bonds. The summed E-state index contributed by atoms with van der Waals surface area (Å²) in [5.74, 6) is 0.566. The Hall–Kier alpha value is -3.68. The van der Waals surface area contributed by atoms with E-state index in [1.807, 2.05) is 42.1 Å². The van der Waals surface area contributed by atoms with Crippen molar-refractivity contribution in [3.63, 3.8) is 0 Å². The Labute approximate surface area is 167 Å². The number of nitrogens with two attached hydrogens (primary N) is 1. The highest BCUT2D eigenvalue weighted by molar-refractivity contribution is 6.08. The molecule has 1 saturated heterocycles. The first-order valence-electron chi connectivity index (χ1n) is 9.44. The van der Waals surface area contributed by atoms with E-state index in [9.17, 15) is 9.59 Å². The molecule has 0 saturated carbocycles. The van der Waals surface area contributed by atoms with Crippen molar-refractivity contribution in [2.24, 2.45) is 7.05 Å². The van der Waals surface area contributed by atoms with Crippen LogP contribution < -0.4 is 11.1 Å². The Morgan fingerprint density at radius 3 is 2.83 bits per heavy atom. The van der Waals surface area contributed by atoms with E-state index >= 15 is 0 Å². The van der Waals surface area contributed by atoms with Crippen molar-refractivity contribution in [1.29, 1.82) is 0 Å². The first-order valence-corrected chi connectivity index (χ1v) is 9.44. The third-order valence-electron chi connectivity index (χ3n) is 5.94. The number of nitrogen functional groups attached to an aromatic ring is 1. The van der Waals surface area contributed by atoms with Crippen LogP contribution in [0.3, 0.4) is 0 Å². The zero-order valence-corrected chi connectivity index (χ0v) is 15.9. The summed E-state index contributed by atoms with van der Waals surface area (Å²) in [6.45, 7) is 0.411. The van der Waals surface area contributed by atoms with Crippen molar-refractivity contribution in [3.8, 4) is 0 Å². The number of para-hydroxylation sites is 1. The first-order chi connectivity index (χ1) is 14.0. The van der Waals surface area contributed by atoms with Crippen LogP contribution >= 0.6 is 0 Å². The van der Waals surface area contributed by atoms with Gasteiger partial charge in [0.2, 0.25) is 5.91 Å². The van der Waals surface area contributed by atoms with Gasteiger partial charge in [0.05, 0.1) is 0 Å². The largest absolute Gasteiger partial charge is 0.384 e. The van der Waals surface area contributed by atoms with Crippen molar-refractivity contribution in [2.75, 3.05) is 17.6 Å². The van der Waals surface area contributed by atoms with Crippen LogP contribution in [0.15, 0.2) is 54.9 Å². The standard InChI is InChI=1S/C21H20N6O2/c1-26-12-10-23-18(26)17-21(13-5-2-3-6-14(13)25-20(21)29)9-11-27(17)19(28)15-7-4-8-16(22)24-15/h2-8,10,12,17H,9,11H2,1H3,(H2,22,24)(H,25,29). The number of anilines is 2. The number of amides is 2. The molecule has 29 heavy (non-hydrogen) atoms. The summed E-state index contributed by atoms with van der Waals surface area (Å²) >= 11 is 0. The molecule has 1 spiro atoms. The minimum atomic E-state index is -0.897. The van der Waals surface area contributed by atoms with Crippen LogP contribution in [0, 0.1) is 0 Å². The van der Waals surface area contributed by atoms with Gasteiger partial charge in [0.1, 0.15) is 28.8 Å². The fourth-order valence-electron chi connectivity index (χ4n) is 4.62. The molecular formula is C21H20N6O2. The maximum Gasteiger partial charge on any atom is 0.273 e. The molecule has 2 atom stereocenters. The van der Waals surface area contributed by atoms with Gasteiger partial charge in [-0.3, -0.25) is 9.59 Å². The van der Waals surface area contributed by atoms with E-state index in [1.165, 1.54) is 0 Å². The zero-order valence-electron chi connectivity index (χ0n) is 15.9. The zero-order chi connectivity index (χ0) is 20.2. The summed E-state index contributed by atoms with van der Waals surface area (Å²) in [4.78, 5) is 37.1. The maximum absolute atomic E-state index is 13.4. The Bertz CT molecular complexity index is 1140. The molecule has 0 aliphatic carbocycles. The number of aryl methyl sites for hydroxylation is 1. The van der Waals surface area contributed by atoms with Gasteiger partial charge in [-0.15, -0.1) is 0 Å². The van der Waals surface area contributed by atoms with Crippen LogP contribution in [-0.2, 0) is 17.3 Å². The number of rotatable bonds is 2. The SMILES string of the molecule is Cn1ccnc1C1N(C(=O)c2cccc(N)n2)CCC12C(=O)Nc1ccccc12. The van der Waals surface area contributed by atoms with E-state index in [0.717, 1.165) is 11.3 Å². The van der Waals surface area contributed by atoms with Crippen molar-refractivity contribution in [3.05, 3.63) is 71.9 Å². The Kier molecular flexibility index (Phi) is 3.70.